The molecule has 1 aromatic carbocycles. The van der Waals surface area contributed by atoms with Gasteiger partial charge in [-0.05, 0) is 36.8 Å². The Morgan fingerprint density at radius 1 is 1.24 bits per heavy atom. The summed E-state index contributed by atoms with van der Waals surface area (Å²) in [5.41, 5.74) is 3.39. The highest BCUT2D eigenvalue weighted by Gasteiger charge is 2.06. The zero-order valence-electron chi connectivity index (χ0n) is 11.9. The molecule has 0 aliphatic heterocycles. The lowest BCUT2D eigenvalue weighted by atomic mass is 10.2. The van der Waals surface area contributed by atoms with Crippen LogP contribution in [0.5, 0.6) is 5.75 Å². The zero-order chi connectivity index (χ0) is 14.9. The minimum atomic E-state index is -0.173. The van der Waals surface area contributed by atoms with Gasteiger partial charge in [0.2, 0.25) is 6.54 Å². The first-order chi connectivity index (χ1) is 10.3. The molecule has 1 heterocycles. The van der Waals surface area contributed by atoms with Crippen LogP contribution in [-0.4, -0.2) is 18.7 Å². The van der Waals surface area contributed by atoms with Crippen molar-refractivity contribution in [2.75, 3.05) is 6.61 Å². The van der Waals surface area contributed by atoms with E-state index in [2.05, 4.69) is 10.5 Å². The Labute approximate surface area is 123 Å². The molecular weight excluding hydrogens is 266 g/mol. The molecule has 0 spiro atoms. The van der Waals surface area contributed by atoms with Crippen molar-refractivity contribution in [3.8, 4) is 5.75 Å². The Morgan fingerprint density at radius 3 is 2.62 bits per heavy atom. The van der Waals surface area contributed by atoms with Crippen LogP contribution in [-0.2, 0) is 11.3 Å². The van der Waals surface area contributed by atoms with Crippen LogP contribution in [0.25, 0.3) is 0 Å². The molecule has 0 aliphatic rings. The number of carbonyl (C=O) groups excluding carboxylic acids is 1. The Kier molecular flexibility index (Phi) is 5.46. The normalized spacial score (nSPS) is 10.5. The van der Waals surface area contributed by atoms with Gasteiger partial charge in [0.1, 0.15) is 5.75 Å². The van der Waals surface area contributed by atoms with Crippen LogP contribution in [0.2, 0.25) is 0 Å². The maximum absolute atomic E-state index is 11.7. The van der Waals surface area contributed by atoms with Gasteiger partial charge in [0.15, 0.2) is 12.4 Å². The minimum absolute atomic E-state index is 0.173. The predicted molar refractivity (Wildman–Crippen MR) is 80.0 cm³/mol. The first kappa shape index (κ1) is 14.7. The van der Waals surface area contributed by atoms with E-state index in [1.165, 1.54) is 0 Å². The van der Waals surface area contributed by atoms with E-state index in [0.717, 1.165) is 11.3 Å². The van der Waals surface area contributed by atoms with Crippen LogP contribution in [0, 0.1) is 0 Å². The smallest absolute Gasteiger partial charge is 0.305 e. The average Bonchev–Trinajstić information content (AvgIpc) is 2.50. The van der Waals surface area contributed by atoms with E-state index in [9.17, 15) is 4.79 Å². The van der Waals surface area contributed by atoms with Gasteiger partial charge >= 0.3 is 5.91 Å². The number of hydrazone groups is 1. The maximum Gasteiger partial charge on any atom is 0.305 e. The number of ether oxygens (including phenoxy) is 1. The lowest BCUT2D eigenvalue weighted by Gasteiger charge is -2.02. The number of hydrogen-bond acceptors (Lipinski definition) is 3. The van der Waals surface area contributed by atoms with E-state index in [1.54, 1.807) is 10.8 Å². The number of benzene rings is 1. The van der Waals surface area contributed by atoms with Crippen molar-refractivity contribution in [1.29, 1.82) is 0 Å². The summed E-state index contributed by atoms with van der Waals surface area (Å²) in [6.45, 7) is 2.82. The molecule has 108 valence electrons. The predicted octanol–water partition coefficient (Wildman–Crippen LogP) is 1.52. The van der Waals surface area contributed by atoms with Crippen molar-refractivity contribution >= 4 is 12.1 Å². The molecule has 5 nitrogen and oxygen atoms in total. The second kappa shape index (κ2) is 7.79. The molecule has 5 heteroatoms. The number of amides is 1. The van der Waals surface area contributed by atoms with Crippen LogP contribution < -0.4 is 14.7 Å². The molecule has 1 amide bonds. The third kappa shape index (κ3) is 5.06. The Bertz CT molecular complexity index is 595. The number of rotatable bonds is 6. The first-order valence-electron chi connectivity index (χ1n) is 6.77. The summed E-state index contributed by atoms with van der Waals surface area (Å²) < 4.78 is 7.13. The van der Waals surface area contributed by atoms with E-state index in [-0.39, 0.29) is 12.5 Å². The van der Waals surface area contributed by atoms with Gasteiger partial charge in [-0.25, -0.2) is 5.43 Å². The fraction of sp³-hybridized carbons (Fsp3) is 0.188. The van der Waals surface area contributed by atoms with E-state index < -0.39 is 0 Å². The van der Waals surface area contributed by atoms with E-state index >= 15 is 0 Å². The van der Waals surface area contributed by atoms with Crippen molar-refractivity contribution < 1.29 is 14.1 Å². The van der Waals surface area contributed by atoms with Crippen LogP contribution in [0.3, 0.4) is 0 Å². The highest BCUT2D eigenvalue weighted by atomic mass is 16.5. The molecule has 0 saturated heterocycles. The third-order valence-corrected chi connectivity index (χ3v) is 2.70. The van der Waals surface area contributed by atoms with Crippen molar-refractivity contribution in [1.82, 2.24) is 5.43 Å². The zero-order valence-corrected chi connectivity index (χ0v) is 11.9. The van der Waals surface area contributed by atoms with Crippen LogP contribution >= 0.6 is 0 Å². The van der Waals surface area contributed by atoms with E-state index in [0.29, 0.717) is 6.61 Å². The summed E-state index contributed by atoms with van der Waals surface area (Å²) in [7, 11) is 0. The number of hydrogen-bond donors (Lipinski definition) is 1. The van der Waals surface area contributed by atoms with Crippen molar-refractivity contribution in [2.24, 2.45) is 5.10 Å². The number of nitrogens with zero attached hydrogens (tertiary/aromatic N) is 2. The SMILES string of the molecule is CCOc1ccc(C=NNC(=O)C[n+]2ccccc2)cc1. The molecule has 0 saturated carbocycles. The number of carbonyl (C=O) groups is 1. The van der Waals surface area contributed by atoms with Gasteiger partial charge in [0, 0.05) is 12.1 Å². The fourth-order valence-corrected chi connectivity index (χ4v) is 1.74. The number of aromatic nitrogens is 1. The lowest BCUT2D eigenvalue weighted by molar-refractivity contribution is -0.684. The Balaban J connectivity index is 1.83. The van der Waals surface area contributed by atoms with Gasteiger partial charge in [-0.1, -0.05) is 6.07 Å². The molecule has 1 aromatic heterocycles. The van der Waals surface area contributed by atoms with Gasteiger partial charge in [-0.2, -0.15) is 9.67 Å². The summed E-state index contributed by atoms with van der Waals surface area (Å²) in [5, 5.41) is 3.93. The van der Waals surface area contributed by atoms with Gasteiger partial charge < -0.3 is 4.74 Å². The van der Waals surface area contributed by atoms with E-state index in [4.69, 9.17) is 4.74 Å². The third-order valence-electron chi connectivity index (χ3n) is 2.70. The second-order valence-corrected chi connectivity index (χ2v) is 4.34. The Hall–Kier alpha value is -2.69. The van der Waals surface area contributed by atoms with Crippen molar-refractivity contribution in [3.05, 3.63) is 60.4 Å². The Morgan fingerprint density at radius 2 is 1.95 bits per heavy atom. The van der Waals surface area contributed by atoms with Crippen molar-refractivity contribution in [2.45, 2.75) is 13.5 Å². The standard InChI is InChI=1S/C16H17N3O2/c1-2-21-15-8-6-14(7-9-15)12-17-18-16(20)13-19-10-4-3-5-11-19/h3-12H,2,13H2,1H3/p+1. The van der Waals surface area contributed by atoms with Gasteiger partial charge in [0.05, 0.1) is 12.8 Å². The topological polar surface area (TPSA) is 54.6 Å². The molecule has 0 radical (unpaired) electrons. The number of nitrogens with one attached hydrogen (secondary N) is 1. The monoisotopic (exact) mass is 284 g/mol. The van der Waals surface area contributed by atoms with Crippen molar-refractivity contribution in [3.63, 3.8) is 0 Å². The number of pyridine rings is 1. The highest BCUT2D eigenvalue weighted by Crippen LogP contribution is 2.10. The molecule has 0 bridgehead atoms. The van der Waals surface area contributed by atoms with E-state index in [1.807, 2.05) is 61.8 Å². The molecule has 0 atom stereocenters. The minimum Gasteiger partial charge on any atom is -0.494 e. The molecular formula is C16H18N3O2+. The highest BCUT2D eigenvalue weighted by molar-refractivity contribution is 5.82. The van der Waals surface area contributed by atoms with Crippen LogP contribution in [0.4, 0.5) is 0 Å². The second-order valence-electron chi connectivity index (χ2n) is 4.34. The lowest BCUT2D eigenvalue weighted by Crippen LogP contribution is -2.40. The molecule has 21 heavy (non-hydrogen) atoms. The van der Waals surface area contributed by atoms with Gasteiger partial charge in [-0.3, -0.25) is 4.79 Å². The molecule has 2 aromatic rings. The van der Waals surface area contributed by atoms with Gasteiger partial charge in [-0.15, -0.1) is 0 Å². The first-order valence-corrected chi connectivity index (χ1v) is 6.77. The van der Waals surface area contributed by atoms with Crippen LogP contribution in [0.1, 0.15) is 12.5 Å². The summed E-state index contributed by atoms with van der Waals surface area (Å²) in [6.07, 6.45) is 5.26. The van der Waals surface area contributed by atoms with Crippen LogP contribution in [0.15, 0.2) is 60.0 Å². The molecule has 0 fully saturated rings. The molecule has 0 unspecified atom stereocenters. The largest absolute Gasteiger partial charge is 0.494 e. The molecule has 1 N–H and O–H groups in total. The average molecular weight is 284 g/mol. The summed E-state index contributed by atoms with van der Waals surface area (Å²) >= 11 is 0. The summed E-state index contributed by atoms with van der Waals surface area (Å²) in [6, 6.07) is 13.1. The summed E-state index contributed by atoms with van der Waals surface area (Å²) in [4.78, 5) is 11.7. The molecule has 2 rings (SSSR count). The molecule has 0 aliphatic carbocycles. The van der Waals surface area contributed by atoms with Gasteiger partial charge in [0.25, 0.3) is 0 Å². The summed E-state index contributed by atoms with van der Waals surface area (Å²) in [5.74, 6) is 0.646. The maximum atomic E-state index is 11.7. The fourth-order valence-electron chi connectivity index (χ4n) is 1.74. The quantitative estimate of drug-likeness (QED) is 0.497.